The van der Waals surface area contributed by atoms with Gasteiger partial charge in [-0.15, -0.1) is 0 Å². The molecule has 1 amide bonds. The molecular weight excluding hydrogens is 216 g/mol. The number of anilines is 1. The smallest absolute Gasteiger partial charge is 0.276 e. The first-order valence-corrected chi connectivity index (χ1v) is 5.31. The summed E-state index contributed by atoms with van der Waals surface area (Å²) in [6.07, 6.45) is 0. The largest absolute Gasteiger partial charge is 0.326 e. The minimum absolute atomic E-state index is 0.233. The van der Waals surface area contributed by atoms with Crippen LogP contribution in [0.1, 0.15) is 21.7 Å². The van der Waals surface area contributed by atoms with Crippen molar-refractivity contribution >= 4 is 11.6 Å². The Labute approximate surface area is 99.0 Å². The zero-order valence-corrected chi connectivity index (χ0v) is 9.53. The van der Waals surface area contributed by atoms with Crippen molar-refractivity contribution in [3.63, 3.8) is 0 Å². The van der Waals surface area contributed by atoms with Gasteiger partial charge in [0.25, 0.3) is 5.91 Å². The summed E-state index contributed by atoms with van der Waals surface area (Å²) in [4.78, 5) is 11.8. The number of hydrogen-bond acceptors (Lipinski definition) is 3. The number of carbonyl (C=O) groups excluding carboxylic acids is 1. The number of nitrogens with one attached hydrogen (secondary N) is 2. The molecule has 0 aliphatic heterocycles. The maximum absolute atomic E-state index is 11.8. The molecule has 0 saturated carbocycles. The van der Waals surface area contributed by atoms with Gasteiger partial charge in [-0.25, -0.2) is 0 Å². The molecule has 0 bridgehead atoms. The number of amides is 1. The Morgan fingerprint density at radius 3 is 2.94 bits per heavy atom. The molecule has 2 aromatic rings. The van der Waals surface area contributed by atoms with Gasteiger partial charge >= 0.3 is 0 Å². The van der Waals surface area contributed by atoms with Gasteiger partial charge in [0.1, 0.15) is 0 Å². The Balaban J connectivity index is 2.12. The van der Waals surface area contributed by atoms with Crippen molar-refractivity contribution in [1.82, 2.24) is 10.2 Å². The zero-order valence-electron chi connectivity index (χ0n) is 9.53. The van der Waals surface area contributed by atoms with Gasteiger partial charge in [-0.2, -0.15) is 5.10 Å². The first-order valence-electron chi connectivity index (χ1n) is 5.31. The second-order valence-corrected chi connectivity index (χ2v) is 3.79. The molecule has 5 heteroatoms. The number of aryl methyl sites for hydroxylation is 1. The Morgan fingerprint density at radius 2 is 2.29 bits per heavy atom. The van der Waals surface area contributed by atoms with Crippen LogP contribution in [0.2, 0.25) is 0 Å². The number of aromatic nitrogens is 2. The molecular formula is C12H14N4O. The van der Waals surface area contributed by atoms with Crippen LogP contribution in [-0.4, -0.2) is 16.1 Å². The molecule has 0 atom stereocenters. The Bertz CT molecular complexity index is 533. The summed E-state index contributed by atoms with van der Waals surface area (Å²) >= 11 is 0. The highest BCUT2D eigenvalue weighted by Gasteiger charge is 2.09. The predicted molar refractivity (Wildman–Crippen MR) is 65.6 cm³/mol. The van der Waals surface area contributed by atoms with Gasteiger partial charge in [0.2, 0.25) is 0 Å². The molecule has 1 aromatic heterocycles. The summed E-state index contributed by atoms with van der Waals surface area (Å²) in [5.41, 5.74) is 8.46. The molecule has 0 spiro atoms. The maximum Gasteiger partial charge on any atom is 0.276 e. The van der Waals surface area contributed by atoms with Crippen molar-refractivity contribution in [3.8, 4) is 0 Å². The molecule has 0 fully saturated rings. The van der Waals surface area contributed by atoms with Crippen LogP contribution in [0.15, 0.2) is 30.3 Å². The van der Waals surface area contributed by atoms with E-state index >= 15 is 0 Å². The van der Waals surface area contributed by atoms with E-state index in [9.17, 15) is 4.79 Å². The quantitative estimate of drug-likeness (QED) is 0.745. The van der Waals surface area contributed by atoms with Gasteiger partial charge in [-0.1, -0.05) is 12.1 Å². The number of nitrogens with zero attached hydrogens (tertiary/aromatic N) is 1. The maximum atomic E-state index is 11.8. The van der Waals surface area contributed by atoms with Crippen LogP contribution in [0, 0.1) is 6.92 Å². The average Bonchev–Trinajstić information content (AvgIpc) is 2.76. The number of benzene rings is 1. The third-order valence-corrected chi connectivity index (χ3v) is 2.36. The number of carbonyl (C=O) groups is 1. The van der Waals surface area contributed by atoms with Crippen LogP contribution in [0.25, 0.3) is 0 Å². The van der Waals surface area contributed by atoms with Gasteiger partial charge in [-0.05, 0) is 30.7 Å². The van der Waals surface area contributed by atoms with E-state index in [1.54, 1.807) is 6.07 Å². The molecule has 1 aromatic carbocycles. The van der Waals surface area contributed by atoms with E-state index in [4.69, 9.17) is 5.73 Å². The van der Waals surface area contributed by atoms with Crippen LogP contribution in [0.4, 0.5) is 5.69 Å². The van der Waals surface area contributed by atoms with Crippen molar-refractivity contribution in [1.29, 1.82) is 0 Å². The summed E-state index contributed by atoms with van der Waals surface area (Å²) in [5.74, 6) is -0.233. The number of nitrogens with two attached hydrogens (primary N) is 1. The third-order valence-electron chi connectivity index (χ3n) is 2.36. The van der Waals surface area contributed by atoms with Crippen LogP contribution in [0.5, 0.6) is 0 Å². The highest BCUT2D eigenvalue weighted by molar-refractivity contribution is 6.02. The average molecular weight is 230 g/mol. The van der Waals surface area contributed by atoms with Crippen molar-refractivity contribution in [2.24, 2.45) is 5.73 Å². The fraction of sp³-hybridized carbons (Fsp3) is 0.167. The van der Waals surface area contributed by atoms with E-state index < -0.39 is 0 Å². The van der Waals surface area contributed by atoms with Crippen LogP contribution in [0.3, 0.4) is 0 Å². The summed E-state index contributed by atoms with van der Waals surface area (Å²) in [5, 5.41) is 9.39. The number of aromatic amines is 1. The second-order valence-electron chi connectivity index (χ2n) is 3.79. The molecule has 0 unspecified atom stereocenters. The lowest BCUT2D eigenvalue weighted by Crippen LogP contribution is -2.12. The van der Waals surface area contributed by atoms with E-state index in [1.807, 2.05) is 31.2 Å². The third kappa shape index (κ3) is 2.70. The summed E-state index contributed by atoms with van der Waals surface area (Å²) < 4.78 is 0. The van der Waals surface area contributed by atoms with Gasteiger partial charge in [0.15, 0.2) is 5.69 Å². The zero-order chi connectivity index (χ0) is 12.3. The normalized spacial score (nSPS) is 10.2. The molecule has 0 saturated heterocycles. The van der Waals surface area contributed by atoms with E-state index in [-0.39, 0.29) is 5.91 Å². The van der Waals surface area contributed by atoms with Crippen molar-refractivity contribution in [2.75, 3.05) is 5.32 Å². The summed E-state index contributed by atoms with van der Waals surface area (Å²) in [6.45, 7) is 2.30. The lowest BCUT2D eigenvalue weighted by Gasteiger charge is -2.04. The van der Waals surface area contributed by atoms with E-state index in [1.165, 1.54) is 0 Å². The summed E-state index contributed by atoms with van der Waals surface area (Å²) in [7, 11) is 0. The molecule has 17 heavy (non-hydrogen) atoms. The molecule has 88 valence electrons. The molecule has 0 radical (unpaired) electrons. The van der Waals surface area contributed by atoms with Gasteiger partial charge < -0.3 is 11.1 Å². The predicted octanol–water partition coefficient (Wildman–Crippen LogP) is 1.43. The van der Waals surface area contributed by atoms with E-state index in [0.29, 0.717) is 12.2 Å². The van der Waals surface area contributed by atoms with Gasteiger partial charge in [-0.3, -0.25) is 9.89 Å². The Morgan fingerprint density at radius 1 is 1.47 bits per heavy atom. The standard InChI is InChI=1S/C12H14N4O/c1-8-5-11(16-15-8)12(17)14-10-4-2-3-9(6-10)7-13/h2-6H,7,13H2,1H3,(H,14,17)(H,15,16). The molecule has 5 nitrogen and oxygen atoms in total. The molecule has 2 rings (SSSR count). The van der Waals surface area contributed by atoms with Gasteiger partial charge in [0.05, 0.1) is 0 Å². The topological polar surface area (TPSA) is 83.8 Å². The number of H-pyrrole nitrogens is 1. The fourth-order valence-electron chi connectivity index (χ4n) is 1.51. The highest BCUT2D eigenvalue weighted by atomic mass is 16.1. The second kappa shape index (κ2) is 4.80. The van der Waals surface area contributed by atoms with Gasteiger partial charge in [0, 0.05) is 17.9 Å². The van der Waals surface area contributed by atoms with Crippen LogP contribution < -0.4 is 11.1 Å². The number of hydrogen-bond donors (Lipinski definition) is 3. The fourth-order valence-corrected chi connectivity index (χ4v) is 1.51. The molecule has 0 aliphatic carbocycles. The van der Waals surface area contributed by atoms with Crippen molar-refractivity contribution in [3.05, 3.63) is 47.3 Å². The number of rotatable bonds is 3. The van der Waals surface area contributed by atoms with Crippen LogP contribution in [-0.2, 0) is 6.54 Å². The monoisotopic (exact) mass is 230 g/mol. The molecule has 0 aliphatic rings. The SMILES string of the molecule is Cc1cc(C(=O)Nc2cccc(CN)c2)n[nH]1. The Hall–Kier alpha value is -2.14. The van der Waals surface area contributed by atoms with E-state index in [2.05, 4.69) is 15.5 Å². The Kier molecular flexibility index (Phi) is 3.20. The first kappa shape index (κ1) is 11.3. The first-order chi connectivity index (χ1) is 8.19. The van der Waals surface area contributed by atoms with E-state index in [0.717, 1.165) is 16.9 Å². The van der Waals surface area contributed by atoms with Crippen molar-refractivity contribution < 1.29 is 4.79 Å². The molecule has 4 N–H and O–H groups in total. The lowest BCUT2D eigenvalue weighted by atomic mass is 10.2. The summed E-state index contributed by atoms with van der Waals surface area (Å²) in [6, 6.07) is 9.12. The van der Waals surface area contributed by atoms with Crippen LogP contribution >= 0.6 is 0 Å². The molecule has 1 heterocycles. The highest BCUT2D eigenvalue weighted by Crippen LogP contribution is 2.11. The lowest BCUT2D eigenvalue weighted by molar-refractivity contribution is 0.102. The minimum Gasteiger partial charge on any atom is -0.326 e. The van der Waals surface area contributed by atoms with Crippen molar-refractivity contribution in [2.45, 2.75) is 13.5 Å². The minimum atomic E-state index is -0.233.